The smallest absolute Gasteiger partial charge is 0.303 e. The third-order valence-electron chi connectivity index (χ3n) is 2.60. The van der Waals surface area contributed by atoms with E-state index in [9.17, 15) is 19.2 Å². The Hall–Kier alpha value is -1.16. The fourth-order valence-corrected chi connectivity index (χ4v) is 2.89. The van der Waals surface area contributed by atoms with Crippen LogP contribution in [0.15, 0.2) is 0 Å². The molecule has 0 N–H and O–H groups in total. The van der Waals surface area contributed by atoms with Crippen molar-refractivity contribution in [1.82, 2.24) is 0 Å². The highest BCUT2D eigenvalue weighted by Crippen LogP contribution is 2.21. The Kier molecular flexibility index (Phi) is 10.9. The second-order valence-electron chi connectivity index (χ2n) is 4.75. The van der Waals surface area contributed by atoms with Crippen molar-refractivity contribution in [2.75, 3.05) is 10.7 Å². The maximum absolute atomic E-state index is 11.4. The number of ether oxygens (including phenoxy) is 4. The second-order valence-corrected chi connectivity index (χ2v) is 6.05. The van der Waals surface area contributed by atoms with Crippen LogP contribution < -0.4 is 0 Å². The van der Waals surface area contributed by atoms with Gasteiger partial charge in [-0.2, -0.15) is 0 Å². The summed E-state index contributed by atoms with van der Waals surface area (Å²) >= 11 is 6.33. The van der Waals surface area contributed by atoms with Crippen molar-refractivity contribution in [3.63, 3.8) is 0 Å². The van der Waals surface area contributed by atoms with Gasteiger partial charge in [0, 0.05) is 38.4 Å². The summed E-state index contributed by atoms with van der Waals surface area (Å²) in [6.45, 7) is 4.70. The molecule has 0 aliphatic carbocycles. The molecule has 0 saturated carbocycles. The number of rotatable bonds is 9. The van der Waals surface area contributed by atoms with Gasteiger partial charge in [-0.3, -0.25) is 19.2 Å². The van der Waals surface area contributed by atoms with Crippen LogP contribution in [0.1, 0.15) is 27.7 Å². The van der Waals surface area contributed by atoms with Crippen LogP contribution in [0.2, 0.25) is 0 Å². The van der Waals surface area contributed by atoms with E-state index in [1.165, 1.54) is 13.8 Å². The van der Waals surface area contributed by atoms with Crippen LogP contribution in [0.4, 0.5) is 0 Å². The molecule has 0 aliphatic rings. The van der Waals surface area contributed by atoms with Gasteiger partial charge >= 0.3 is 23.9 Å². The Morgan fingerprint density at radius 3 is 1.04 bits per heavy atom. The largest absolute Gasteiger partial charge is 0.458 e. The Morgan fingerprint density at radius 2 is 0.875 bits per heavy atom. The Labute approximate surface area is 156 Å². The number of esters is 4. The summed E-state index contributed by atoms with van der Waals surface area (Å²) < 4.78 is 20.6. The van der Waals surface area contributed by atoms with E-state index in [1.54, 1.807) is 0 Å². The predicted molar refractivity (Wildman–Crippen MR) is 89.8 cm³/mol. The predicted octanol–water partition coefficient (Wildman–Crippen LogP) is 1.50. The summed E-state index contributed by atoms with van der Waals surface area (Å²) in [5, 5.41) is 0.217. The molecule has 10 heteroatoms. The van der Waals surface area contributed by atoms with E-state index in [4.69, 9.17) is 18.9 Å². The van der Waals surface area contributed by atoms with Crippen LogP contribution in [0.25, 0.3) is 0 Å². The fraction of sp³-hybridized carbons (Fsp3) is 0.714. The van der Waals surface area contributed by atoms with Gasteiger partial charge in [0.15, 0.2) is 24.4 Å². The topological polar surface area (TPSA) is 105 Å². The third kappa shape index (κ3) is 8.62. The molecule has 0 spiro atoms. The standard InChI is InChI=1S/C14H20Br2O8/c1-7(17)21-11(5-15)13(23-9(3)19)14(24-10(4)20)12(6-16)22-8(2)18/h11-14H,5-6H2,1-4H3/t11-,12+,13-,14-/m0/s1. The van der Waals surface area contributed by atoms with Gasteiger partial charge in [-0.15, -0.1) is 0 Å². The Balaban J connectivity index is 5.74. The quantitative estimate of drug-likeness (QED) is 0.280. The molecule has 0 aromatic rings. The van der Waals surface area contributed by atoms with Crippen molar-refractivity contribution in [1.29, 1.82) is 0 Å². The van der Waals surface area contributed by atoms with E-state index in [0.29, 0.717) is 0 Å². The van der Waals surface area contributed by atoms with E-state index in [1.807, 2.05) is 0 Å². The number of carbonyl (C=O) groups excluding carboxylic acids is 4. The van der Waals surface area contributed by atoms with Gasteiger partial charge in [0.05, 0.1) is 0 Å². The first kappa shape index (κ1) is 22.8. The molecule has 0 fully saturated rings. The van der Waals surface area contributed by atoms with Gasteiger partial charge in [0.2, 0.25) is 0 Å². The number of hydrogen-bond donors (Lipinski definition) is 0. The van der Waals surface area contributed by atoms with Crippen molar-refractivity contribution in [2.24, 2.45) is 0 Å². The minimum Gasteiger partial charge on any atom is -0.458 e. The van der Waals surface area contributed by atoms with Crippen molar-refractivity contribution in [3.8, 4) is 0 Å². The van der Waals surface area contributed by atoms with Gasteiger partial charge < -0.3 is 18.9 Å². The molecule has 0 aliphatic heterocycles. The van der Waals surface area contributed by atoms with Crippen LogP contribution in [-0.4, -0.2) is 59.0 Å². The highest BCUT2D eigenvalue weighted by molar-refractivity contribution is 9.09. The molecule has 0 radical (unpaired) electrons. The molecular formula is C14H20Br2O8. The van der Waals surface area contributed by atoms with E-state index >= 15 is 0 Å². The minimum absolute atomic E-state index is 0.109. The van der Waals surface area contributed by atoms with Crippen molar-refractivity contribution < 1.29 is 38.1 Å². The van der Waals surface area contributed by atoms with Crippen molar-refractivity contribution in [3.05, 3.63) is 0 Å². The molecular weight excluding hydrogens is 456 g/mol. The lowest BCUT2D eigenvalue weighted by Gasteiger charge is -2.34. The first-order valence-electron chi connectivity index (χ1n) is 6.93. The summed E-state index contributed by atoms with van der Waals surface area (Å²) in [7, 11) is 0. The lowest BCUT2D eigenvalue weighted by Crippen LogP contribution is -2.52. The second kappa shape index (κ2) is 11.4. The molecule has 0 unspecified atom stereocenters. The first-order chi connectivity index (χ1) is 11.1. The molecule has 8 nitrogen and oxygen atoms in total. The number of hydrogen-bond acceptors (Lipinski definition) is 8. The normalized spacial score (nSPS) is 15.4. The molecule has 0 aromatic heterocycles. The van der Waals surface area contributed by atoms with Gasteiger partial charge in [0.25, 0.3) is 0 Å². The molecule has 0 bridgehead atoms. The Morgan fingerprint density at radius 1 is 0.625 bits per heavy atom. The summed E-state index contributed by atoms with van der Waals surface area (Å²) in [4.78, 5) is 45.5. The molecule has 0 amide bonds. The van der Waals surface area contributed by atoms with Gasteiger partial charge in [-0.05, 0) is 0 Å². The van der Waals surface area contributed by atoms with Crippen molar-refractivity contribution in [2.45, 2.75) is 52.1 Å². The molecule has 0 aromatic carbocycles. The molecule has 138 valence electrons. The zero-order chi connectivity index (χ0) is 18.9. The van der Waals surface area contributed by atoms with Gasteiger partial charge in [-0.1, -0.05) is 31.9 Å². The summed E-state index contributed by atoms with van der Waals surface area (Å²) in [5.74, 6) is -2.57. The lowest BCUT2D eigenvalue weighted by molar-refractivity contribution is -0.194. The highest BCUT2D eigenvalue weighted by Gasteiger charge is 2.42. The van der Waals surface area contributed by atoms with Crippen LogP contribution in [0, 0.1) is 0 Å². The zero-order valence-corrected chi connectivity index (χ0v) is 16.9. The Bertz CT molecular complexity index is 426. The van der Waals surface area contributed by atoms with Crippen LogP contribution in [0.5, 0.6) is 0 Å². The molecule has 0 rings (SSSR count). The molecule has 0 saturated heterocycles. The van der Waals surface area contributed by atoms with Crippen LogP contribution in [0.3, 0.4) is 0 Å². The van der Waals surface area contributed by atoms with Crippen LogP contribution in [-0.2, 0) is 38.1 Å². The highest BCUT2D eigenvalue weighted by atomic mass is 79.9. The maximum atomic E-state index is 11.4. The van der Waals surface area contributed by atoms with Crippen molar-refractivity contribution >= 4 is 55.7 Å². The van der Waals surface area contributed by atoms with E-state index in [2.05, 4.69) is 31.9 Å². The van der Waals surface area contributed by atoms with Crippen LogP contribution >= 0.6 is 31.9 Å². The maximum Gasteiger partial charge on any atom is 0.303 e. The lowest BCUT2D eigenvalue weighted by atomic mass is 10.0. The van der Waals surface area contributed by atoms with E-state index in [0.717, 1.165) is 13.8 Å². The number of alkyl halides is 2. The number of carbonyl (C=O) groups is 4. The number of halogens is 2. The van der Waals surface area contributed by atoms with E-state index in [-0.39, 0.29) is 10.7 Å². The third-order valence-corrected chi connectivity index (χ3v) is 3.88. The summed E-state index contributed by atoms with van der Waals surface area (Å²) in [6, 6.07) is 0. The van der Waals surface area contributed by atoms with E-state index < -0.39 is 48.3 Å². The average molecular weight is 476 g/mol. The SMILES string of the molecule is CC(=O)O[C@H]([C@@H](OC(C)=O)[C@@H](CBr)OC(C)=O)[C@H](CBr)OC(C)=O. The monoisotopic (exact) mass is 474 g/mol. The molecule has 0 heterocycles. The summed E-state index contributed by atoms with van der Waals surface area (Å²) in [5.41, 5.74) is 0. The minimum atomic E-state index is -1.17. The molecule has 24 heavy (non-hydrogen) atoms. The van der Waals surface area contributed by atoms with Gasteiger partial charge in [0.1, 0.15) is 0 Å². The fourth-order valence-electron chi connectivity index (χ4n) is 1.89. The zero-order valence-electron chi connectivity index (χ0n) is 13.7. The molecule has 4 atom stereocenters. The van der Waals surface area contributed by atoms with Gasteiger partial charge in [-0.25, -0.2) is 0 Å². The average Bonchev–Trinajstić information content (AvgIpc) is 2.45. The first-order valence-corrected chi connectivity index (χ1v) is 9.17. The summed E-state index contributed by atoms with van der Waals surface area (Å²) in [6.07, 6.45) is -4.24.